The van der Waals surface area contributed by atoms with E-state index in [1.54, 1.807) is 6.20 Å². The second-order valence-electron chi connectivity index (χ2n) is 4.33. The minimum atomic E-state index is -0.0668. The maximum Gasteiger partial charge on any atom is 0.103 e. The standard InChI is InChI=1S/C16H15N3/c1-3-7-13(4-2)19-16-12(10-17)11-18-15-9-6-5-8-14(15)16/h2,5-6,8-9,11,13H,3,7H2,1H3,(H,18,19). The fourth-order valence-corrected chi connectivity index (χ4v) is 2.04. The van der Waals surface area contributed by atoms with Crippen LogP contribution in [0.3, 0.4) is 0 Å². The zero-order valence-corrected chi connectivity index (χ0v) is 10.9. The number of nitrogens with zero attached hydrogens (tertiary/aromatic N) is 2. The summed E-state index contributed by atoms with van der Waals surface area (Å²) in [6, 6.07) is 9.83. The van der Waals surface area contributed by atoms with Crippen molar-refractivity contribution in [3.63, 3.8) is 0 Å². The first-order valence-electron chi connectivity index (χ1n) is 6.30. The highest BCUT2D eigenvalue weighted by atomic mass is 14.9. The van der Waals surface area contributed by atoms with Gasteiger partial charge in [0.05, 0.1) is 22.8 Å². The highest BCUT2D eigenvalue weighted by Gasteiger charge is 2.11. The van der Waals surface area contributed by atoms with Crippen molar-refractivity contribution in [2.45, 2.75) is 25.8 Å². The highest BCUT2D eigenvalue weighted by Crippen LogP contribution is 2.26. The van der Waals surface area contributed by atoms with E-state index in [4.69, 9.17) is 6.42 Å². The van der Waals surface area contributed by atoms with Crippen molar-refractivity contribution in [2.24, 2.45) is 0 Å². The average molecular weight is 249 g/mol. The van der Waals surface area contributed by atoms with Gasteiger partial charge in [-0.2, -0.15) is 5.26 Å². The minimum absolute atomic E-state index is 0.0668. The number of pyridine rings is 1. The number of hydrogen-bond donors (Lipinski definition) is 1. The molecule has 1 atom stereocenters. The third kappa shape index (κ3) is 2.67. The van der Waals surface area contributed by atoms with E-state index in [9.17, 15) is 5.26 Å². The molecule has 94 valence electrons. The minimum Gasteiger partial charge on any atom is -0.370 e. The van der Waals surface area contributed by atoms with Crippen LogP contribution in [0, 0.1) is 23.7 Å². The maximum atomic E-state index is 9.21. The highest BCUT2D eigenvalue weighted by molar-refractivity contribution is 5.94. The number of benzene rings is 1. The van der Waals surface area contributed by atoms with Crippen LogP contribution >= 0.6 is 0 Å². The number of para-hydroxylation sites is 1. The molecule has 0 saturated heterocycles. The fourth-order valence-electron chi connectivity index (χ4n) is 2.04. The number of nitriles is 1. The maximum absolute atomic E-state index is 9.21. The van der Waals surface area contributed by atoms with Crippen LogP contribution in [0.25, 0.3) is 10.9 Å². The van der Waals surface area contributed by atoms with Crippen LogP contribution in [-0.2, 0) is 0 Å². The van der Waals surface area contributed by atoms with Gasteiger partial charge in [0, 0.05) is 11.6 Å². The molecule has 0 amide bonds. The predicted molar refractivity (Wildman–Crippen MR) is 77.6 cm³/mol. The molecule has 0 spiro atoms. The number of fused-ring (bicyclic) bond motifs is 1. The van der Waals surface area contributed by atoms with Gasteiger partial charge in [0.1, 0.15) is 6.07 Å². The van der Waals surface area contributed by atoms with Gasteiger partial charge >= 0.3 is 0 Å². The predicted octanol–water partition coefficient (Wildman–Crippen LogP) is 3.32. The van der Waals surface area contributed by atoms with Gasteiger partial charge < -0.3 is 5.32 Å². The molecule has 0 bridgehead atoms. The van der Waals surface area contributed by atoms with Crippen LogP contribution < -0.4 is 5.32 Å². The van der Waals surface area contributed by atoms with Crippen molar-refractivity contribution >= 4 is 16.6 Å². The second kappa shape index (κ2) is 5.89. The van der Waals surface area contributed by atoms with Gasteiger partial charge in [-0.05, 0) is 12.5 Å². The van der Waals surface area contributed by atoms with Crippen LogP contribution in [0.1, 0.15) is 25.3 Å². The molecular formula is C16H15N3. The van der Waals surface area contributed by atoms with Crippen molar-refractivity contribution in [1.29, 1.82) is 5.26 Å². The van der Waals surface area contributed by atoms with Gasteiger partial charge in [0.2, 0.25) is 0 Å². The Morgan fingerprint density at radius 2 is 2.21 bits per heavy atom. The first-order chi connectivity index (χ1) is 9.30. The van der Waals surface area contributed by atoms with Crippen molar-refractivity contribution in [2.75, 3.05) is 5.32 Å². The van der Waals surface area contributed by atoms with E-state index in [-0.39, 0.29) is 6.04 Å². The Labute approximate surface area is 113 Å². The summed E-state index contributed by atoms with van der Waals surface area (Å²) in [5.74, 6) is 2.73. The number of nitrogens with one attached hydrogen (secondary N) is 1. The largest absolute Gasteiger partial charge is 0.370 e. The van der Waals surface area contributed by atoms with Crippen molar-refractivity contribution < 1.29 is 0 Å². The molecule has 0 fully saturated rings. The van der Waals surface area contributed by atoms with E-state index >= 15 is 0 Å². The van der Waals surface area contributed by atoms with Crippen LogP contribution in [0.5, 0.6) is 0 Å². The lowest BCUT2D eigenvalue weighted by molar-refractivity contribution is 0.756. The molecule has 2 rings (SSSR count). The number of rotatable bonds is 4. The molecule has 0 radical (unpaired) electrons. The van der Waals surface area contributed by atoms with Crippen LogP contribution in [0.4, 0.5) is 5.69 Å². The van der Waals surface area contributed by atoms with E-state index < -0.39 is 0 Å². The molecule has 0 aliphatic heterocycles. The topological polar surface area (TPSA) is 48.7 Å². The van der Waals surface area contributed by atoms with E-state index in [1.807, 2.05) is 24.3 Å². The van der Waals surface area contributed by atoms with Gasteiger partial charge in [0.15, 0.2) is 0 Å². The fraction of sp³-hybridized carbons (Fsp3) is 0.250. The summed E-state index contributed by atoms with van der Waals surface area (Å²) in [6.45, 7) is 2.09. The van der Waals surface area contributed by atoms with Gasteiger partial charge in [-0.15, -0.1) is 6.42 Å². The molecular weight excluding hydrogens is 234 g/mol. The SMILES string of the molecule is C#CC(CCC)Nc1c(C#N)cnc2ccccc12. The summed E-state index contributed by atoms with van der Waals surface area (Å²) in [5.41, 5.74) is 2.16. The molecule has 1 aromatic carbocycles. The first-order valence-corrected chi connectivity index (χ1v) is 6.30. The molecule has 0 aliphatic carbocycles. The zero-order valence-electron chi connectivity index (χ0n) is 10.9. The number of anilines is 1. The molecule has 0 saturated carbocycles. The molecule has 2 aromatic rings. The Kier molecular flexibility index (Phi) is 4.00. The lowest BCUT2D eigenvalue weighted by Crippen LogP contribution is -2.17. The lowest BCUT2D eigenvalue weighted by Gasteiger charge is -2.16. The third-order valence-electron chi connectivity index (χ3n) is 2.99. The normalized spacial score (nSPS) is 11.5. The molecule has 19 heavy (non-hydrogen) atoms. The molecule has 1 aromatic heterocycles. The van der Waals surface area contributed by atoms with E-state index in [0.717, 1.165) is 29.4 Å². The molecule has 1 heterocycles. The van der Waals surface area contributed by atoms with Gasteiger partial charge in [-0.3, -0.25) is 4.98 Å². The van der Waals surface area contributed by atoms with Crippen LogP contribution in [0.2, 0.25) is 0 Å². The Bertz CT molecular complexity index is 662. The van der Waals surface area contributed by atoms with E-state index in [0.29, 0.717) is 5.56 Å². The zero-order chi connectivity index (χ0) is 13.7. The van der Waals surface area contributed by atoms with Gasteiger partial charge in [-0.25, -0.2) is 0 Å². The van der Waals surface area contributed by atoms with E-state index in [2.05, 4.69) is 29.2 Å². The van der Waals surface area contributed by atoms with E-state index in [1.165, 1.54) is 0 Å². The van der Waals surface area contributed by atoms with Gasteiger partial charge in [0.25, 0.3) is 0 Å². The van der Waals surface area contributed by atoms with Gasteiger partial charge in [-0.1, -0.05) is 37.5 Å². The summed E-state index contributed by atoms with van der Waals surface area (Å²) >= 11 is 0. The first kappa shape index (κ1) is 12.9. The molecule has 1 unspecified atom stereocenters. The summed E-state index contributed by atoms with van der Waals surface area (Å²) in [6.07, 6.45) is 8.98. The quantitative estimate of drug-likeness (QED) is 0.845. The molecule has 3 nitrogen and oxygen atoms in total. The Balaban J connectivity index is 2.51. The number of hydrogen-bond acceptors (Lipinski definition) is 3. The summed E-state index contributed by atoms with van der Waals surface area (Å²) in [4.78, 5) is 4.28. The summed E-state index contributed by atoms with van der Waals surface area (Å²) in [7, 11) is 0. The molecule has 0 aliphatic rings. The Hall–Kier alpha value is -2.52. The smallest absolute Gasteiger partial charge is 0.103 e. The Morgan fingerprint density at radius 3 is 2.89 bits per heavy atom. The van der Waals surface area contributed by atoms with Crippen molar-refractivity contribution in [1.82, 2.24) is 4.98 Å². The second-order valence-corrected chi connectivity index (χ2v) is 4.33. The molecule has 1 N–H and O–H groups in total. The number of aromatic nitrogens is 1. The number of terminal acetylenes is 1. The molecule has 3 heteroatoms. The van der Waals surface area contributed by atoms with Crippen molar-refractivity contribution in [3.05, 3.63) is 36.0 Å². The van der Waals surface area contributed by atoms with Crippen LogP contribution in [0.15, 0.2) is 30.5 Å². The monoisotopic (exact) mass is 249 g/mol. The summed E-state index contributed by atoms with van der Waals surface area (Å²) < 4.78 is 0. The lowest BCUT2D eigenvalue weighted by atomic mass is 10.1. The summed E-state index contributed by atoms with van der Waals surface area (Å²) in [5, 5.41) is 13.4. The van der Waals surface area contributed by atoms with Crippen LogP contribution in [-0.4, -0.2) is 11.0 Å². The Morgan fingerprint density at radius 1 is 1.42 bits per heavy atom. The van der Waals surface area contributed by atoms with Crippen molar-refractivity contribution in [3.8, 4) is 18.4 Å². The third-order valence-corrected chi connectivity index (χ3v) is 2.99. The average Bonchev–Trinajstić information content (AvgIpc) is 2.46.